The standard InChI is InChI=1S/C26H33N5O4S/c1-17-15-18(2)31-25(27-17)23(24(29-31)26(32)28-20-9-5-6-10-20)19-11-12-21(35-3)22(16-19)36(33,34)30-13-7-4-8-14-30/h11-12,15-16,20H,4-10,13-14H2,1-3H3,(H,28,32). The van der Waals surface area contributed by atoms with Crippen molar-refractivity contribution in [3.05, 3.63) is 41.3 Å². The molecule has 2 aliphatic rings. The number of fused-ring (bicyclic) bond motifs is 1. The van der Waals surface area contributed by atoms with Crippen molar-refractivity contribution in [2.45, 2.75) is 69.7 Å². The quantitative estimate of drug-likeness (QED) is 0.539. The molecule has 1 aromatic carbocycles. The number of amides is 1. The number of nitrogens with zero attached hydrogens (tertiary/aromatic N) is 4. The van der Waals surface area contributed by atoms with Crippen LogP contribution in [0.15, 0.2) is 29.2 Å². The third-order valence-electron chi connectivity index (χ3n) is 7.19. The molecule has 1 aliphatic heterocycles. The van der Waals surface area contributed by atoms with Gasteiger partial charge in [-0.25, -0.2) is 17.9 Å². The number of piperidine rings is 1. The Morgan fingerprint density at radius 3 is 2.47 bits per heavy atom. The summed E-state index contributed by atoms with van der Waals surface area (Å²) in [5, 5.41) is 7.77. The third-order valence-corrected chi connectivity index (χ3v) is 9.11. The van der Waals surface area contributed by atoms with Crippen molar-refractivity contribution in [3.63, 3.8) is 0 Å². The number of nitrogens with one attached hydrogen (secondary N) is 1. The molecule has 0 spiro atoms. The second-order valence-electron chi connectivity index (χ2n) is 9.78. The summed E-state index contributed by atoms with van der Waals surface area (Å²) in [5.41, 5.74) is 3.49. The first-order valence-electron chi connectivity index (χ1n) is 12.7. The van der Waals surface area contributed by atoms with Gasteiger partial charge in [0.05, 0.1) is 12.7 Å². The molecule has 192 valence electrons. The van der Waals surface area contributed by atoms with E-state index >= 15 is 0 Å². The van der Waals surface area contributed by atoms with Gasteiger partial charge in [-0.3, -0.25) is 4.79 Å². The summed E-state index contributed by atoms with van der Waals surface area (Å²) in [5.74, 6) is 0.00813. The van der Waals surface area contributed by atoms with Crippen LogP contribution in [0, 0.1) is 13.8 Å². The molecule has 5 rings (SSSR count). The van der Waals surface area contributed by atoms with Crippen LogP contribution in [0.2, 0.25) is 0 Å². The van der Waals surface area contributed by atoms with E-state index in [4.69, 9.17) is 9.72 Å². The topological polar surface area (TPSA) is 106 Å². The Kier molecular flexibility index (Phi) is 6.74. The molecule has 2 fully saturated rings. The zero-order chi connectivity index (χ0) is 25.4. The molecule has 0 atom stereocenters. The maximum atomic E-state index is 13.6. The number of benzene rings is 1. The van der Waals surface area contributed by atoms with E-state index in [9.17, 15) is 13.2 Å². The Bertz CT molecular complexity index is 1400. The van der Waals surface area contributed by atoms with Gasteiger partial charge >= 0.3 is 0 Å². The number of aromatic nitrogens is 3. The van der Waals surface area contributed by atoms with Crippen LogP contribution in [0.1, 0.15) is 66.8 Å². The van der Waals surface area contributed by atoms with Crippen LogP contribution in [-0.2, 0) is 10.0 Å². The second-order valence-corrected chi connectivity index (χ2v) is 11.7. The molecule has 1 amide bonds. The van der Waals surface area contributed by atoms with Crippen molar-refractivity contribution in [2.75, 3.05) is 20.2 Å². The molecule has 1 saturated carbocycles. The summed E-state index contributed by atoms with van der Waals surface area (Å²) >= 11 is 0. The van der Waals surface area contributed by atoms with Crippen LogP contribution in [0.25, 0.3) is 16.8 Å². The fraction of sp³-hybridized carbons (Fsp3) is 0.500. The summed E-state index contributed by atoms with van der Waals surface area (Å²) in [6.07, 6.45) is 6.79. The SMILES string of the molecule is COc1ccc(-c2c(C(=O)NC3CCCC3)nn3c(C)cc(C)nc23)cc1S(=O)(=O)N1CCCCC1. The fourth-order valence-electron chi connectivity index (χ4n) is 5.35. The Morgan fingerprint density at radius 1 is 1.06 bits per heavy atom. The lowest BCUT2D eigenvalue weighted by atomic mass is 10.0. The molecule has 0 radical (unpaired) electrons. The highest BCUT2D eigenvalue weighted by atomic mass is 32.2. The molecule has 3 heterocycles. The minimum Gasteiger partial charge on any atom is -0.495 e. The van der Waals surface area contributed by atoms with Gasteiger partial charge < -0.3 is 10.1 Å². The number of ether oxygens (including phenoxy) is 1. The van der Waals surface area contributed by atoms with Gasteiger partial charge in [0.2, 0.25) is 10.0 Å². The lowest BCUT2D eigenvalue weighted by molar-refractivity contribution is 0.0933. The summed E-state index contributed by atoms with van der Waals surface area (Å²) in [4.78, 5) is 18.2. The predicted molar refractivity (Wildman–Crippen MR) is 137 cm³/mol. The van der Waals surface area contributed by atoms with Crippen LogP contribution in [0.4, 0.5) is 0 Å². The molecular weight excluding hydrogens is 478 g/mol. The fourth-order valence-corrected chi connectivity index (χ4v) is 7.05. The van der Waals surface area contributed by atoms with Gasteiger partial charge in [-0.2, -0.15) is 9.40 Å². The van der Waals surface area contributed by atoms with Crippen molar-refractivity contribution in [1.29, 1.82) is 0 Å². The molecule has 1 aliphatic carbocycles. The number of carbonyl (C=O) groups is 1. The molecule has 9 nitrogen and oxygen atoms in total. The van der Waals surface area contributed by atoms with Crippen molar-refractivity contribution < 1.29 is 17.9 Å². The predicted octanol–water partition coefficient (Wildman–Crippen LogP) is 3.87. The average molecular weight is 512 g/mol. The van der Waals surface area contributed by atoms with Crippen LogP contribution >= 0.6 is 0 Å². The highest BCUT2D eigenvalue weighted by molar-refractivity contribution is 7.89. The average Bonchev–Trinajstić information content (AvgIpc) is 3.52. The normalized spacial score (nSPS) is 17.5. The molecule has 1 saturated heterocycles. The summed E-state index contributed by atoms with van der Waals surface area (Å²) in [7, 11) is -2.31. The molecule has 3 aromatic rings. The Morgan fingerprint density at radius 2 is 1.78 bits per heavy atom. The lowest BCUT2D eigenvalue weighted by Gasteiger charge is -2.26. The first-order valence-corrected chi connectivity index (χ1v) is 14.1. The number of aryl methyl sites for hydroxylation is 2. The van der Waals surface area contributed by atoms with Crippen molar-refractivity contribution in [2.24, 2.45) is 0 Å². The van der Waals surface area contributed by atoms with E-state index in [0.29, 0.717) is 29.9 Å². The molecule has 2 aromatic heterocycles. The lowest BCUT2D eigenvalue weighted by Crippen LogP contribution is -2.35. The Balaban J connectivity index is 1.67. The third kappa shape index (κ3) is 4.48. The van der Waals surface area contributed by atoms with E-state index in [1.54, 1.807) is 22.7 Å². The number of sulfonamides is 1. The van der Waals surface area contributed by atoms with E-state index in [1.165, 1.54) is 11.4 Å². The number of hydrogen-bond donors (Lipinski definition) is 1. The van der Waals surface area contributed by atoms with Crippen molar-refractivity contribution in [3.8, 4) is 16.9 Å². The molecule has 0 unspecified atom stereocenters. The molecular formula is C26H33N5O4S. The zero-order valence-corrected chi connectivity index (χ0v) is 21.9. The van der Waals surface area contributed by atoms with Gasteiger partial charge in [0, 0.05) is 30.5 Å². The Hall–Kier alpha value is -2.98. The van der Waals surface area contributed by atoms with Gasteiger partial charge in [0.25, 0.3) is 5.91 Å². The monoisotopic (exact) mass is 511 g/mol. The first kappa shape index (κ1) is 24.7. The van der Waals surface area contributed by atoms with Crippen molar-refractivity contribution >= 4 is 21.6 Å². The minimum absolute atomic E-state index is 0.0928. The number of methoxy groups -OCH3 is 1. The van der Waals surface area contributed by atoms with Gasteiger partial charge in [-0.1, -0.05) is 25.3 Å². The first-order chi connectivity index (χ1) is 17.3. The van der Waals surface area contributed by atoms with E-state index in [1.807, 2.05) is 19.9 Å². The summed E-state index contributed by atoms with van der Waals surface area (Å²) in [6, 6.07) is 7.05. The van der Waals surface area contributed by atoms with Gasteiger partial charge in [0.15, 0.2) is 11.3 Å². The Labute approximate surface area is 211 Å². The van der Waals surface area contributed by atoms with Crippen LogP contribution in [0.5, 0.6) is 5.75 Å². The van der Waals surface area contributed by atoms with Crippen LogP contribution < -0.4 is 10.1 Å². The highest BCUT2D eigenvalue weighted by Crippen LogP contribution is 2.36. The molecule has 36 heavy (non-hydrogen) atoms. The molecule has 10 heteroatoms. The number of hydrogen-bond acceptors (Lipinski definition) is 6. The van der Waals surface area contributed by atoms with Crippen LogP contribution in [-0.4, -0.2) is 59.5 Å². The maximum absolute atomic E-state index is 13.6. The van der Waals surface area contributed by atoms with E-state index in [-0.39, 0.29) is 28.3 Å². The van der Waals surface area contributed by atoms with Gasteiger partial charge in [-0.15, -0.1) is 0 Å². The van der Waals surface area contributed by atoms with E-state index in [2.05, 4.69) is 10.4 Å². The van der Waals surface area contributed by atoms with Crippen LogP contribution in [0.3, 0.4) is 0 Å². The summed E-state index contributed by atoms with van der Waals surface area (Å²) < 4.78 is 35.9. The van der Waals surface area contributed by atoms with Crippen molar-refractivity contribution in [1.82, 2.24) is 24.2 Å². The highest BCUT2D eigenvalue weighted by Gasteiger charge is 2.31. The largest absolute Gasteiger partial charge is 0.495 e. The van der Waals surface area contributed by atoms with Gasteiger partial charge in [-0.05, 0) is 63.3 Å². The number of rotatable bonds is 6. The van der Waals surface area contributed by atoms with Gasteiger partial charge in [0.1, 0.15) is 10.6 Å². The zero-order valence-electron chi connectivity index (χ0n) is 21.1. The number of carbonyl (C=O) groups excluding carboxylic acids is 1. The second kappa shape index (κ2) is 9.82. The maximum Gasteiger partial charge on any atom is 0.272 e. The minimum atomic E-state index is -3.78. The molecule has 0 bridgehead atoms. The van der Waals surface area contributed by atoms with E-state index in [0.717, 1.165) is 56.3 Å². The smallest absolute Gasteiger partial charge is 0.272 e. The summed E-state index contributed by atoms with van der Waals surface area (Å²) in [6.45, 7) is 4.78. The molecule has 1 N–H and O–H groups in total. The van der Waals surface area contributed by atoms with E-state index < -0.39 is 10.0 Å².